The minimum absolute atomic E-state index is 0.136. The Balaban J connectivity index is 2.53. The molecule has 15 heavy (non-hydrogen) atoms. The van der Waals surface area contributed by atoms with Gasteiger partial charge in [0.15, 0.2) is 5.13 Å². The Hall–Kier alpha value is -1.45. The number of thiazole rings is 1. The Kier molecular flexibility index (Phi) is 4.21. The van der Waals surface area contributed by atoms with Gasteiger partial charge in [-0.1, -0.05) is 0 Å². The van der Waals surface area contributed by atoms with Gasteiger partial charge >= 0.3 is 0 Å². The Morgan fingerprint density at radius 3 is 3.07 bits per heavy atom. The van der Waals surface area contributed by atoms with Crippen molar-refractivity contribution in [2.45, 2.75) is 13.0 Å². The molecule has 1 amide bonds. The smallest absolute Gasteiger partial charge is 0.240 e. The largest absolute Gasteiger partial charge is 0.304 e. The van der Waals surface area contributed by atoms with Crippen LogP contribution in [0.25, 0.3) is 0 Å². The van der Waals surface area contributed by atoms with Crippen molar-refractivity contribution in [1.82, 2.24) is 9.88 Å². The van der Waals surface area contributed by atoms with Gasteiger partial charge in [-0.3, -0.25) is 4.79 Å². The van der Waals surface area contributed by atoms with E-state index in [1.807, 2.05) is 24.4 Å². The first-order valence-corrected chi connectivity index (χ1v) is 5.25. The van der Waals surface area contributed by atoms with Crippen molar-refractivity contribution < 1.29 is 4.79 Å². The molecule has 0 aliphatic rings. The molecule has 0 unspecified atom stereocenters. The van der Waals surface area contributed by atoms with Crippen molar-refractivity contribution in [3.8, 4) is 6.07 Å². The van der Waals surface area contributed by atoms with Crippen molar-refractivity contribution in [3.63, 3.8) is 0 Å². The van der Waals surface area contributed by atoms with Crippen LogP contribution in [-0.2, 0) is 11.3 Å². The molecule has 0 saturated heterocycles. The fraction of sp³-hybridized carbons (Fsp3) is 0.444. The fourth-order valence-electron chi connectivity index (χ4n) is 0.996. The number of hydrogen-bond acceptors (Lipinski definition) is 5. The number of hydrogen-bond donors (Lipinski definition) is 1. The van der Waals surface area contributed by atoms with E-state index >= 15 is 0 Å². The Morgan fingerprint density at radius 2 is 2.47 bits per heavy atom. The molecule has 5 nitrogen and oxygen atoms in total. The molecule has 0 radical (unpaired) electrons. The van der Waals surface area contributed by atoms with E-state index in [0.717, 1.165) is 12.2 Å². The van der Waals surface area contributed by atoms with Crippen LogP contribution in [0.1, 0.15) is 12.1 Å². The van der Waals surface area contributed by atoms with Crippen molar-refractivity contribution in [2.24, 2.45) is 0 Å². The third kappa shape index (κ3) is 4.06. The van der Waals surface area contributed by atoms with E-state index in [1.165, 1.54) is 11.3 Å². The Labute approximate surface area is 92.3 Å². The molecule has 0 atom stereocenters. The number of nitriles is 1. The van der Waals surface area contributed by atoms with Gasteiger partial charge in [0.25, 0.3) is 0 Å². The maximum atomic E-state index is 11.1. The highest BCUT2D eigenvalue weighted by Crippen LogP contribution is 2.16. The number of carbonyl (C=O) groups is 1. The van der Waals surface area contributed by atoms with Crippen LogP contribution < -0.4 is 5.32 Å². The third-order valence-corrected chi connectivity index (χ3v) is 2.32. The lowest BCUT2D eigenvalue weighted by Gasteiger charge is -2.05. The SMILES string of the molecule is CN(C)Cc1csc(NC(=O)CC#N)n1. The van der Waals surface area contributed by atoms with Crippen molar-refractivity contribution in [3.05, 3.63) is 11.1 Å². The molecule has 0 aliphatic carbocycles. The molecule has 1 N–H and O–H groups in total. The van der Waals surface area contributed by atoms with Crippen LogP contribution >= 0.6 is 11.3 Å². The van der Waals surface area contributed by atoms with Crippen molar-refractivity contribution in [1.29, 1.82) is 5.26 Å². The van der Waals surface area contributed by atoms with E-state index in [4.69, 9.17) is 5.26 Å². The van der Waals surface area contributed by atoms with Crippen molar-refractivity contribution >= 4 is 22.4 Å². The van der Waals surface area contributed by atoms with E-state index in [2.05, 4.69) is 10.3 Å². The summed E-state index contributed by atoms with van der Waals surface area (Å²) in [6, 6.07) is 1.78. The number of aromatic nitrogens is 1. The Bertz CT molecular complexity index is 380. The van der Waals surface area contributed by atoms with Crippen LogP contribution in [0.5, 0.6) is 0 Å². The molecule has 0 aliphatic heterocycles. The molecular weight excluding hydrogens is 212 g/mol. The zero-order valence-electron chi connectivity index (χ0n) is 8.65. The average molecular weight is 224 g/mol. The molecule has 0 saturated carbocycles. The first kappa shape index (κ1) is 11.6. The van der Waals surface area contributed by atoms with E-state index in [9.17, 15) is 4.79 Å². The predicted molar refractivity (Wildman–Crippen MR) is 58.4 cm³/mol. The predicted octanol–water partition coefficient (Wildman–Crippen LogP) is 1.06. The zero-order valence-corrected chi connectivity index (χ0v) is 9.47. The lowest BCUT2D eigenvalue weighted by molar-refractivity contribution is -0.115. The summed E-state index contributed by atoms with van der Waals surface area (Å²) < 4.78 is 0. The lowest BCUT2D eigenvalue weighted by Crippen LogP contribution is -2.12. The lowest BCUT2D eigenvalue weighted by atomic mass is 10.4. The monoisotopic (exact) mass is 224 g/mol. The number of nitrogens with zero attached hydrogens (tertiary/aromatic N) is 3. The summed E-state index contributed by atoms with van der Waals surface area (Å²) in [5.41, 5.74) is 0.914. The number of nitrogens with one attached hydrogen (secondary N) is 1. The number of carbonyl (C=O) groups excluding carboxylic acids is 1. The molecule has 6 heteroatoms. The van der Waals surface area contributed by atoms with Crippen LogP contribution in [0.15, 0.2) is 5.38 Å². The quantitative estimate of drug-likeness (QED) is 0.830. The minimum atomic E-state index is -0.316. The summed E-state index contributed by atoms with van der Waals surface area (Å²) in [5.74, 6) is -0.316. The van der Waals surface area contributed by atoms with Crippen LogP contribution in [0, 0.1) is 11.3 Å². The number of anilines is 1. The van der Waals surface area contributed by atoms with Gasteiger partial charge in [-0.2, -0.15) is 5.26 Å². The van der Waals surface area contributed by atoms with Gasteiger partial charge in [-0.05, 0) is 14.1 Å². The third-order valence-electron chi connectivity index (χ3n) is 1.52. The van der Waals surface area contributed by atoms with Crippen molar-refractivity contribution in [2.75, 3.05) is 19.4 Å². The first-order chi connectivity index (χ1) is 7.11. The molecule has 1 aromatic heterocycles. The normalized spacial score (nSPS) is 10.0. The first-order valence-electron chi connectivity index (χ1n) is 4.37. The summed E-state index contributed by atoms with van der Waals surface area (Å²) in [5, 5.41) is 13.3. The van der Waals surface area contributed by atoms with Crippen LogP contribution in [0.2, 0.25) is 0 Å². The molecule has 0 fully saturated rings. The number of rotatable bonds is 4. The minimum Gasteiger partial charge on any atom is -0.304 e. The van der Waals surface area contributed by atoms with E-state index in [0.29, 0.717) is 5.13 Å². The van der Waals surface area contributed by atoms with Crippen LogP contribution in [0.4, 0.5) is 5.13 Å². The van der Waals surface area contributed by atoms with Crippen LogP contribution in [0.3, 0.4) is 0 Å². The summed E-state index contributed by atoms with van der Waals surface area (Å²) in [7, 11) is 3.90. The summed E-state index contributed by atoms with van der Waals surface area (Å²) >= 11 is 1.37. The fourth-order valence-corrected chi connectivity index (χ4v) is 1.71. The molecule has 1 aromatic rings. The molecule has 0 bridgehead atoms. The van der Waals surface area contributed by atoms with Gasteiger partial charge < -0.3 is 10.2 Å². The maximum Gasteiger partial charge on any atom is 0.240 e. The highest BCUT2D eigenvalue weighted by Gasteiger charge is 2.06. The van der Waals surface area contributed by atoms with Gasteiger partial charge in [0.1, 0.15) is 6.42 Å². The van der Waals surface area contributed by atoms with Gasteiger partial charge in [0, 0.05) is 11.9 Å². The highest BCUT2D eigenvalue weighted by atomic mass is 32.1. The second-order valence-electron chi connectivity index (χ2n) is 3.26. The Morgan fingerprint density at radius 1 is 1.73 bits per heavy atom. The van der Waals surface area contributed by atoms with Crippen LogP contribution in [-0.4, -0.2) is 29.9 Å². The zero-order chi connectivity index (χ0) is 11.3. The molecule has 1 heterocycles. The highest BCUT2D eigenvalue weighted by molar-refractivity contribution is 7.13. The summed E-state index contributed by atoms with van der Waals surface area (Å²) in [6.45, 7) is 0.741. The molecule has 0 aromatic carbocycles. The van der Waals surface area contributed by atoms with Gasteiger partial charge in [0.2, 0.25) is 5.91 Å². The molecule has 80 valence electrons. The summed E-state index contributed by atoms with van der Waals surface area (Å²) in [6.07, 6.45) is -0.136. The summed E-state index contributed by atoms with van der Waals surface area (Å²) in [4.78, 5) is 17.3. The molecule has 0 spiro atoms. The van der Waals surface area contributed by atoms with Gasteiger partial charge in [0.05, 0.1) is 11.8 Å². The topological polar surface area (TPSA) is 69.0 Å². The van der Waals surface area contributed by atoms with E-state index < -0.39 is 0 Å². The van der Waals surface area contributed by atoms with Gasteiger partial charge in [-0.25, -0.2) is 4.98 Å². The van der Waals surface area contributed by atoms with Gasteiger partial charge in [-0.15, -0.1) is 11.3 Å². The second kappa shape index (κ2) is 5.44. The standard InChI is InChI=1S/C9H12N4OS/c1-13(2)5-7-6-15-9(11-7)12-8(14)3-4-10/h6H,3,5H2,1-2H3,(H,11,12,14). The van der Waals surface area contributed by atoms with E-state index in [1.54, 1.807) is 6.07 Å². The average Bonchev–Trinajstić information content (AvgIpc) is 2.51. The van der Waals surface area contributed by atoms with E-state index in [-0.39, 0.29) is 12.3 Å². The second-order valence-corrected chi connectivity index (χ2v) is 4.12. The maximum absolute atomic E-state index is 11.1. The molecule has 1 rings (SSSR count). The number of amides is 1. The molecular formula is C9H12N4OS.